The molecule has 0 aliphatic carbocycles. The zero-order chi connectivity index (χ0) is 18.4. The SMILES string of the molecule is CC(C)(C)NC(=O)OCCc1ccc(C(=O)c2ccccc2)cc1N. The van der Waals surface area contributed by atoms with Gasteiger partial charge in [-0.15, -0.1) is 0 Å². The molecule has 1 amide bonds. The number of hydrogen-bond acceptors (Lipinski definition) is 4. The summed E-state index contributed by atoms with van der Waals surface area (Å²) in [6.07, 6.45) is 0.0328. The first kappa shape index (κ1) is 18.5. The maximum Gasteiger partial charge on any atom is 0.407 e. The second-order valence-corrected chi connectivity index (χ2v) is 6.87. The highest BCUT2D eigenvalue weighted by Crippen LogP contribution is 2.18. The standard InChI is InChI=1S/C20H24N2O3/c1-20(2,3)22-19(24)25-12-11-14-9-10-16(13-17(14)21)18(23)15-7-5-4-6-8-15/h4-10,13H,11-12,21H2,1-3H3,(H,22,24). The summed E-state index contributed by atoms with van der Waals surface area (Å²) in [4.78, 5) is 24.0. The van der Waals surface area contributed by atoms with Gasteiger partial charge in [0.05, 0.1) is 6.61 Å². The van der Waals surface area contributed by atoms with Gasteiger partial charge in [0.15, 0.2) is 5.78 Å². The quantitative estimate of drug-likeness (QED) is 0.644. The fourth-order valence-corrected chi connectivity index (χ4v) is 2.32. The van der Waals surface area contributed by atoms with Crippen molar-refractivity contribution in [1.82, 2.24) is 5.32 Å². The molecule has 2 aromatic carbocycles. The van der Waals surface area contributed by atoms with Crippen LogP contribution in [0, 0.1) is 0 Å². The second kappa shape index (κ2) is 7.83. The van der Waals surface area contributed by atoms with Crippen LogP contribution in [0.5, 0.6) is 0 Å². The van der Waals surface area contributed by atoms with E-state index >= 15 is 0 Å². The summed E-state index contributed by atoms with van der Waals surface area (Å²) in [6, 6.07) is 14.3. The number of nitrogens with two attached hydrogens (primary N) is 1. The van der Waals surface area contributed by atoms with Gasteiger partial charge in [0.1, 0.15) is 0 Å². The number of amides is 1. The third-order valence-corrected chi connectivity index (χ3v) is 3.53. The number of nitrogen functional groups attached to an aromatic ring is 1. The molecule has 0 aromatic heterocycles. The fraction of sp³-hybridized carbons (Fsp3) is 0.300. The molecule has 0 aliphatic rings. The van der Waals surface area contributed by atoms with Crippen LogP contribution < -0.4 is 11.1 Å². The van der Waals surface area contributed by atoms with Crippen LogP contribution in [-0.4, -0.2) is 24.0 Å². The first-order valence-electron chi connectivity index (χ1n) is 8.19. The molecule has 0 atom stereocenters. The molecule has 0 spiro atoms. The van der Waals surface area contributed by atoms with Crippen LogP contribution in [0.2, 0.25) is 0 Å². The average molecular weight is 340 g/mol. The zero-order valence-corrected chi connectivity index (χ0v) is 14.8. The van der Waals surface area contributed by atoms with Gasteiger partial charge >= 0.3 is 6.09 Å². The molecule has 5 nitrogen and oxygen atoms in total. The van der Waals surface area contributed by atoms with Crippen molar-refractivity contribution in [3.8, 4) is 0 Å². The molecule has 0 heterocycles. The minimum Gasteiger partial charge on any atom is -0.449 e. The van der Waals surface area contributed by atoms with Gasteiger partial charge < -0.3 is 15.8 Å². The number of ketones is 1. The van der Waals surface area contributed by atoms with E-state index in [2.05, 4.69) is 5.32 Å². The van der Waals surface area contributed by atoms with Crippen LogP contribution in [0.4, 0.5) is 10.5 Å². The minimum atomic E-state index is -0.457. The number of nitrogens with one attached hydrogen (secondary N) is 1. The van der Waals surface area contributed by atoms with Gasteiger partial charge in [0.2, 0.25) is 0 Å². The third-order valence-electron chi connectivity index (χ3n) is 3.53. The summed E-state index contributed by atoms with van der Waals surface area (Å²) in [7, 11) is 0. The van der Waals surface area contributed by atoms with Gasteiger partial charge in [-0.1, -0.05) is 42.5 Å². The third kappa shape index (κ3) is 5.64. The van der Waals surface area contributed by atoms with E-state index in [0.717, 1.165) is 5.56 Å². The lowest BCUT2D eigenvalue weighted by Gasteiger charge is -2.20. The summed E-state index contributed by atoms with van der Waals surface area (Å²) in [5.74, 6) is -0.0698. The van der Waals surface area contributed by atoms with Crippen molar-refractivity contribution < 1.29 is 14.3 Å². The van der Waals surface area contributed by atoms with Gasteiger partial charge in [-0.3, -0.25) is 4.79 Å². The van der Waals surface area contributed by atoms with Gasteiger partial charge in [0.25, 0.3) is 0 Å². The zero-order valence-electron chi connectivity index (χ0n) is 14.8. The Morgan fingerprint density at radius 2 is 1.72 bits per heavy atom. The Kier molecular flexibility index (Phi) is 5.80. The van der Waals surface area contributed by atoms with Crippen LogP contribution in [0.3, 0.4) is 0 Å². The van der Waals surface area contributed by atoms with Crippen molar-refractivity contribution in [2.45, 2.75) is 32.7 Å². The predicted octanol–water partition coefficient (Wildman–Crippen LogP) is 3.57. The smallest absolute Gasteiger partial charge is 0.407 e. The first-order valence-corrected chi connectivity index (χ1v) is 8.19. The van der Waals surface area contributed by atoms with E-state index in [1.165, 1.54) is 0 Å². The van der Waals surface area contributed by atoms with Crippen LogP contribution in [0.15, 0.2) is 48.5 Å². The molecule has 0 radical (unpaired) electrons. The van der Waals surface area contributed by atoms with E-state index in [4.69, 9.17) is 10.5 Å². The van der Waals surface area contributed by atoms with Crippen molar-refractivity contribution in [3.05, 3.63) is 65.2 Å². The number of ether oxygens (including phenoxy) is 1. The number of rotatable bonds is 5. The Morgan fingerprint density at radius 1 is 1.04 bits per heavy atom. The summed E-state index contributed by atoms with van der Waals surface area (Å²) in [5.41, 5.74) is 8.23. The Balaban J connectivity index is 1.96. The molecule has 0 saturated carbocycles. The molecule has 25 heavy (non-hydrogen) atoms. The molecule has 0 bridgehead atoms. The van der Waals surface area contributed by atoms with Crippen molar-refractivity contribution in [2.75, 3.05) is 12.3 Å². The summed E-state index contributed by atoms with van der Waals surface area (Å²) >= 11 is 0. The molecule has 3 N–H and O–H groups in total. The molecule has 132 valence electrons. The Labute approximate surface area is 148 Å². The molecule has 0 fully saturated rings. The fourth-order valence-electron chi connectivity index (χ4n) is 2.32. The largest absolute Gasteiger partial charge is 0.449 e. The molecule has 5 heteroatoms. The molecule has 0 unspecified atom stereocenters. The van der Waals surface area contributed by atoms with Gasteiger partial charge in [-0.05, 0) is 32.4 Å². The second-order valence-electron chi connectivity index (χ2n) is 6.87. The van der Waals surface area contributed by atoms with Crippen molar-refractivity contribution in [1.29, 1.82) is 0 Å². The Hall–Kier alpha value is -2.82. The van der Waals surface area contributed by atoms with Crippen LogP contribution in [0.1, 0.15) is 42.3 Å². The van der Waals surface area contributed by atoms with E-state index in [1.54, 1.807) is 30.3 Å². The number of hydrogen-bond donors (Lipinski definition) is 2. The maximum atomic E-state index is 12.4. The summed E-state index contributed by atoms with van der Waals surface area (Å²) in [6.45, 7) is 5.87. The monoisotopic (exact) mass is 340 g/mol. The highest BCUT2D eigenvalue weighted by Gasteiger charge is 2.15. The number of carbonyl (C=O) groups is 2. The van der Waals surface area contributed by atoms with Gasteiger partial charge in [-0.2, -0.15) is 0 Å². The summed E-state index contributed by atoms with van der Waals surface area (Å²) < 4.78 is 5.15. The van der Waals surface area contributed by atoms with Crippen molar-refractivity contribution in [3.63, 3.8) is 0 Å². The highest BCUT2D eigenvalue weighted by molar-refractivity contribution is 6.09. The normalized spacial score (nSPS) is 11.0. The molecular weight excluding hydrogens is 316 g/mol. The lowest BCUT2D eigenvalue weighted by atomic mass is 10.00. The lowest BCUT2D eigenvalue weighted by Crippen LogP contribution is -2.41. The molecule has 0 aliphatic heterocycles. The van der Waals surface area contributed by atoms with Crippen molar-refractivity contribution >= 4 is 17.6 Å². The Bertz CT molecular complexity index is 749. The minimum absolute atomic E-state index is 0.0698. The Morgan fingerprint density at radius 3 is 2.32 bits per heavy atom. The number of anilines is 1. The summed E-state index contributed by atoms with van der Waals surface area (Å²) in [5, 5.41) is 2.73. The first-order chi connectivity index (χ1) is 11.8. The number of carbonyl (C=O) groups excluding carboxylic acids is 2. The van der Waals surface area contributed by atoms with E-state index in [9.17, 15) is 9.59 Å². The van der Waals surface area contributed by atoms with E-state index in [0.29, 0.717) is 23.2 Å². The van der Waals surface area contributed by atoms with Gasteiger partial charge in [-0.25, -0.2) is 4.79 Å². The lowest BCUT2D eigenvalue weighted by molar-refractivity contribution is 0.103. The van der Waals surface area contributed by atoms with Crippen LogP contribution >= 0.6 is 0 Å². The number of alkyl carbamates (subject to hydrolysis) is 1. The average Bonchev–Trinajstić information content (AvgIpc) is 2.55. The molecule has 2 rings (SSSR count). The number of benzene rings is 2. The van der Waals surface area contributed by atoms with E-state index < -0.39 is 6.09 Å². The molecule has 0 saturated heterocycles. The van der Waals surface area contributed by atoms with Crippen LogP contribution in [-0.2, 0) is 11.2 Å². The topological polar surface area (TPSA) is 81.4 Å². The van der Waals surface area contributed by atoms with E-state index in [1.807, 2.05) is 39.0 Å². The van der Waals surface area contributed by atoms with Gasteiger partial charge in [0, 0.05) is 28.8 Å². The molecule has 2 aromatic rings. The predicted molar refractivity (Wildman–Crippen MR) is 98.7 cm³/mol. The maximum absolute atomic E-state index is 12.4. The van der Waals surface area contributed by atoms with Crippen LogP contribution in [0.25, 0.3) is 0 Å². The van der Waals surface area contributed by atoms with E-state index in [-0.39, 0.29) is 17.9 Å². The molecular formula is C20H24N2O3. The van der Waals surface area contributed by atoms with Crippen molar-refractivity contribution in [2.24, 2.45) is 0 Å². The highest BCUT2D eigenvalue weighted by atomic mass is 16.5.